The van der Waals surface area contributed by atoms with Crippen LogP contribution >= 0.6 is 0 Å². The van der Waals surface area contributed by atoms with Gasteiger partial charge in [0.05, 0.1) is 0 Å². The Hall–Kier alpha value is -0.810. The van der Waals surface area contributed by atoms with Gasteiger partial charge in [-0.2, -0.15) is 0 Å². The van der Waals surface area contributed by atoms with E-state index >= 15 is 0 Å². The van der Waals surface area contributed by atoms with Crippen LogP contribution in [0.5, 0.6) is 0 Å². The molecule has 1 aliphatic rings. The maximum absolute atomic E-state index is 11.7. The van der Waals surface area contributed by atoms with E-state index in [-0.39, 0.29) is 18.1 Å². The first-order valence-corrected chi connectivity index (χ1v) is 6.91. The van der Waals surface area contributed by atoms with Crippen LogP contribution in [0.3, 0.4) is 0 Å². The second-order valence-electron chi connectivity index (χ2n) is 6.45. The largest absolute Gasteiger partial charge is 0.444 e. The van der Waals surface area contributed by atoms with Crippen LogP contribution < -0.4 is 5.32 Å². The van der Waals surface area contributed by atoms with E-state index in [1.807, 2.05) is 20.8 Å². The minimum absolute atomic E-state index is 0.120. The van der Waals surface area contributed by atoms with Gasteiger partial charge in [-0.15, -0.1) is 0 Å². The van der Waals surface area contributed by atoms with E-state index in [1.54, 1.807) is 6.92 Å². The van der Waals surface area contributed by atoms with E-state index in [0.717, 1.165) is 25.7 Å². The Kier molecular flexibility index (Phi) is 5.21. The number of carbonyl (C=O) groups is 1. The highest BCUT2D eigenvalue weighted by molar-refractivity contribution is 5.68. The van der Waals surface area contributed by atoms with Crippen LogP contribution in [0.4, 0.5) is 4.79 Å². The lowest BCUT2D eigenvalue weighted by Gasteiger charge is -2.37. The van der Waals surface area contributed by atoms with Crippen molar-refractivity contribution in [1.29, 1.82) is 0 Å². The summed E-state index contributed by atoms with van der Waals surface area (Å²) in [7, 11) is 1.52. The summed E-state index contributed by atoms with van der Waals surface area (Å²) in [5.41, 5.74) is -0.471. The van der Waals surface area contributed by atoms with E-state index in [1.165, 1.54) is 7.11 Å². The van der Waals surface area contributed by atoms with Gasteiger partial charge in [-0.05, 0) is 53.4 Å². The first-order valence-electron chi connectivity index (χ1n) is 6.91. The number of hydrogen-bond acceptors (Lipinski definition) is 4. The van der Waals surface area contributed by atoms with Gasteiger partial charge in [0, 0.05) is 19.1 Å². The van der Waals surface area contributed by atoms with E-state index in [9.17, 15) is 9.90 Å². The monoisotopic (exact) mass is 273 g/mol. The number of amides is 1. The molecule has 1 rings (SSSR count). The predicted octanol–water partition coefficient (Wildman–Crippen LogP) is 2.42. The molecule has 112 valence electrons. The smallest absolute Gasteiger partial charge is 0.407 e. The maximum atomic E-state index is 11.7. The molecule has 5 nitrogen and oxygen atoms in total. The maximum Gasteiger partial charge on any atom is 0.407 e. The van der Waals surface area contributed by atoms with Crippen LogP contribution in [0.2, 0.25) is 0 Å². The number of ether oxygens (including phenoxy) is 2. The molecule has 0 aliphatic heterocycles. The van der Waals surface area contributed by atoms with Crippen LogP contribution in [0.25, 0.3) is 0 Å². The van der Waals surface area contributed by atoms with Gasteiger partial charge in [0.25, 0.3) is 0 Å². The molecule has 0 heterocycles. The number of alkyl carbamates (subject to hydrolysis) is 1. The molecule has 1 amide bonds. The molecule has 1 aliphatic carbocycles. The molecule has 1 fully saturated rings. The number of hydrogen-bond donors (Lipinski definition) is 2. The molecule has 1 unspecified atom stereocenters. The van der Waals surface area contributed by atoms with Crippen LogP contribution in [0.1, 0.15) is 53.4 Å². The van der Waals surface area contributed by atoms with E-state index < -0.39 is 11.4 Å². The van der Waals surface area contributed by atoms with E-state index in [2.05, 4.69) is 5.32 Å². The van der Waals surface area contributed by atoms with Crippen molar-refractivity contribution in [2.45, 2.75) is 70.8 Å². The van der Waals surface area contributed by atoms with Gasteiger partial charge in [0.1, 0.15) is 5.60 Å². The Morgan fingerprint density at radius 2 is 1.68 bits per heavy atom. The molecule has 0 aromatic rings. The first kappa shape index (κ1) is 16.2. The zero-order valence-electron chi connectivity index (χ0n) is 12.7. The molecule has 0 radical (unpaired) electrons. The molecular weight excluding hydrogens is 246 g/mol. The fourth-order valence-electron chi connectivity index (χ4n) is 2.41. The van der Waals surface area contributed by atoms with Gasteiger partial charge >= 0.3 is 6.09 Å². The zero-order chi connectivity index (χ0) is 14.7. The first-order chi connectivity index (χ1) is 8.64. The lowest BCUT2D eigenvalue weighted by atomic mass is 9.81. The molecule has 0 saturated heterocycles. The van der Waals surface area contributed by atoms with Crippen molar-refractivity contribution in [2.24, 2.45) is 5.92 Å². The molecule has 1 atom stereocenters. The molecule has 0 aromatic carbocycles. The van der Waals surface area contributed by atoms with Gasteiger partial charge in [-0.25, -0.2) is 4.79 Å². The molecular formula is C14H27NO4. The van der Waals surface area contributed by atoms with Crippen LogP contribution in [0.15, 0.2) is 0 Å². The lowest BCUT2D eigenvalue weighted by Crippen LogP contribution is -2.45. The lowest BCUT2D eigenvalue weighted by molar-refractivity contribution is -0.213. The van der Waals surface area contributed by atoms with Crippen molar-refractivity contribution in [3.63, 3.8) is 0 Å². The molecule has 0 bridgehead atoms. The summed E-state index contributed by atoms with van der Waals surface area (Å²) < 4.78 is 10.3. The fraction of sp³-hybridized carbons (Fsp3) is 0.929. The minimum Gasteiger partial charge on any atom is -0.444 e. The average Bonchev–Trinajstić information content (AvgIpc) is 2.27. The summed E-state index contributed by atoms with van der Waals surface area (Å²) in [5.74, 6) is -0.953. The Bertz CT molecular complexity index is 301. The highest BCUT2D eigenvalue weighted by atomic mass is 16.6. The zero-order valence-corrected chi connectivity index (χ0v) is 12.7. The van der Waals surface area contributed by atoms with Crippen molar-refractivity contribution < 1.29 is 19.4 Å². The SMILES string of the molecule is COC(C)(O)C1CCC(NC(=O)OC(C)(C)C)CC1. The Morgan fingerprint density at radius 1 is 1.16 bits per heavy atom. The van der Waals surface area contributed by atoms with Crippen LogP contribution in [-0.2, 0) is 9.47 Å². The third kappa shape index (κ3) is 5.37. The standard InChI is InChI=1S/C14H27NO4/c1-13(2,3)19-12(16)15-11-8-6-10(7-9-11)14(4,17)18-5/h10-11,17H,6-9H2,1-5H3,(H,15,16). The normalized spacial score (nSPS) is 27.5. The van der Waals surface area contributed by atoms with Crippen molar-refractivity contribution in [3.8, 4) is 0 Å². The van der Waals surface area contributed by atoms with Gasteiger partial charge in [-0.1, -0.05) is 0 Å². The molecule has 1 saturated carbocycles. The molecule has 5 heteroatoms. The summed E-state index contributed by atoms with van der Waals surface area (Å²) in [6, 6.07) is 0.124. The Labute approximate surface area is 115 Å². The van der Waals surface area contributed by atoms with Gasteiger partial charge < -0.3 is 19.9 Å². The highest BCUT2D eigenvalue weighted by Crippen LogP contribution is 2.33. The quantitative estimate of drug-likeness (QED) is 0.775. The second kappa shape index (κ2) is 6.09. The number of nitrogens with one attached hydrogen (secondary N) is 1. The van der Waals surface area contributed by atoms with Crippen molar-refractivity contribution in [2.75, 3.05) is 7.11 Å². The Balaban J connectivity index is 2.37. The highest BCUT2D eigenvalue weighted by Gasteiger charge is 2.35. The fourth-order valence-corrected chi connectivity index (χ4v) is 2.41. The summed E-state index contributed by atoms with van der Waals surface area (Å²) in [5, 5.41) is 12.9. The van der Waals surface area contributed by atoms with Gasteiger partial charge in [-0.3, -0.25) is 0 Å². The minimum atomic E-state index is -1.07. The third-order valence-corrected chi connectivity index (χ3v) is 3.62. The van der Waals surface area contributed by atoms with Crippen molar-refractivity contribution >= 4 is 6.09 Å². The van der Waals surface area contributed by atoms with Gasteiger partial charge in [0.2, 0.25) is 0 Å². The van der Waals surface area contributed by atoms with E-state index in [0.29, 0.717) is 0 Å². The summed E-state index contributed by atoms with van der Waals surface area (Å²) in [6.07, 6.45) is 2.98. The summed E-state index contributed by atoms with van der Waals surface area (Å²) in [6.45, 7) is 7.23. The van der Waals surface area contributed by atoms with Crippen LogP contribution in [0, 0.1) is 5.92 Å². The number of carbonyl (C=O) groups excluding carboxylic acids is 1. The Morgan fingerprint density at radius 3 is 2.11 bits per heavy atom. The third-order valence-electron chi connectivity index (χ3n) is 3.62. The van der Waals surface area contributed by atoms with Gasteiger partial charge in [0.15, 0.2) is 5.79 Å². The number of methoxy groups -OCH3 is 1. The van der Waals surface area contributed by atoms with E-state index in [4.69, 9.17) is 9.47 Å². The topological polar surface area (TPSA) is 67.8 Å². The molecule has 0 spiro atoms. The molecule has 19 heavy (non-hydrogen) atoms. The molecule has 0 aromatic heterocycles. The second-order valence-corrected chi connectivity index (χ2v) is 6.45. The van der Waals surface area contributed by atoms with Crippen molar-refractivity contribution in [1.82, 2.24) is 5.32 Å². The summed E-state index contributed by atoms with van der Waals surface area (Å²) >= 11 is 0. The molecule has 2 N–H and O–H groups in total. The number of rotatable bonds is 3. The summed E-state index contributed by atoms with van der Waals surface area (Å²) in [4.78, 5) is 11.7. The predicted molar refractivity (Wildman–Crippen MR) is 72.7 cm³/mol. The average molecular weight is 273 g/mol. The number of aliphatic hydroxyl groups is 1. The van der Waals surface area contributed by atoms with Crippen molar-refractivity contribution in [3.05, 3.63) is 0 Å². The van der Waals surface area contributed by atoms with Crippen LogP contribution in [-0.4, -0.2) is 35.7 Å².